The van der Waals surface area contributed by atoms with Gasteiger partial charge in [0, 0.05) is 17.4 Å². The molecule has 0 aliphatic carbocycles. The van der Waals surface area contributed by atoms with Crippen LogP contribution in [0.5, 0.6) is 0 Å². The third-order valence-electron chi connectivity index (χ3n) is 5.17. The highest BCUT2D eigenvalue weighted by Crippen LogP contribution is 2.45. The van der Waals surface area contributed by atoms with Gasteiger partial charge in [0.25, 0.3) is 0 Å². The molecule has 136 valence electrons. The maximum Gasteiger partial charge on any atom is 0.410 e. The van der Waals surface area contributed by atoms with Crippen LogP contribution in [-0.4, -0.2) is 36.3 Å². The molecule has 0 aromatic heterocycles. The minimum Gasteiger partial charge on any atom is -0.436 e. The molecule has 2 heterocycles. The van der Waals surface area contributed by atoms with Gasteiger partial charge in [-0.15, -0.1) is 0 Å². The molecule has 4 nitrogen and oxygen atoms in total. The average Bonchev–Trinajstić information content (AvgIpc) is 3.27. The standard InChI is InChI=1S/C21H22BrNO3/c1-20(15-25-20)13-21(17-5-3-2-4-6-17)14-23(19(24)26-21)12-11-16-7-9-18(22)10-8-16/h2-10H,11-15H2,1H3/t20-,21?/m0/s1. The van der Waals surface area contributed by atoms with E-state index in [0.29, 0.717) is 19.5 Å². The predicted molar refractivity (Wildman–Crippen MR) is 103 cm³/mol. The van der Waals surface area contributed by atoms with Gasteiger partial charge in [-0.05, 0) is 36.6 Å². The van der Waals surface area contributed by atoms with Crippen LogP contribution in [0.4, 0.5) is 4.79 Å². The molecule has 2 aromatic carbocycles. The third kappa shape index (κ3) is 3.64. The Morgan fingerprint density at radius 3 is 2.46 bits per heavy atom. The first-order valence-electron chi connectivity index (χ1n) is 8.90. The smallest absolute Gasteiger partial charge is 0.410 e. The molecule has 5 heteroatoms. The van der Waals surface area contributed by atoms with Gasteiger partial charge in [0.1, 0.15) is 0 Å². The summed E-state index contributed by atoms with van der Waals surface area (Å²) in [5, 5.41) is 0. The van der Waals surface area contributed by atoms with E-state index in [4.69, 9.17) is 9.47 Å². The number of benzene rings is 2. The molecule has 2 aliphatic heterocycles. The number of carbonyl (C=O) groups is 1. The molecule has 2 aromatic rings. The Balaban J connectivity index is 1.51. The van der Waals surface area contributed by atoms with E-state index >= 15 is 0 Å². The number of cyclic esters (lactones) is 1. The van der Waals surface area contributed by atoms with E-state index in [0.717, 1.165) is 23.1 Å². The van der Waals surface area contributed by atoms with E-state index in [2.05, 4.69) is 35.0 Å². The molecule has 2 atom stereocenters. The average molecular weight is 416 g/mol. The number of hydrogen-bond acceptors (Lipinski definition) is 3. The van der Waals surface area contributed by atoms with Gasteiger partial charge >= 0.3 is 6.09 Å². The van der Waals surface area contributed by atoms with Crippen molar-refractivity contribution in [2.45, 2.75) is 31.0 Å². The molecular formula is C21H22BrNO3. The van der Waals surface area contributed by atoms with Crippen LogP contribution >= 0.6 is 15.9 Å². The van der Waals surface area contributed by atoms with Crippen LogP contribution in [0.3, 0.4) is 0 Å². The maximum absolute atomic E-state index is 12.6. The SMILES string of the molecule is C[C@]1(CC2(c3ccccc3)CN(CCc3ccc(Br)cc3)C(=O)O2)CO1. The highest BCUT2D eigenvalue weighted by Gasteiger charge is 2.54. The van der Waals surface area contributed by atoms with Gasteiger partial charge in [0.2, 0.25) is 0 Å². The zero-order valence-electron chi connectivity index (χ0n) is 14.8. The Morgan fingerprint density at radius 2 is 1.81 bits per heavy atom. The lowest BCUT2D eigenvalue weighted by molar-refractivity contribution is 0.0279. The second-order valence-electron chi connectivity index (χ2n) is 7.44. The summed E-state index contributed by atoms with van der Waals surface area (Å²) in [6.07, 6.45) is 1.25. The second kappa shape index (κ2) is 6.71. The van der Waals surface area contributed by atoms with Gasteiger partial charge in [0.05, 0.1) is 18.8 Å². The molecule has 0 spiro atoms. The molecule has 0 radical (unpaired) electrons. The molecule has 26 heavy (non-hydrogen) atoms. The molecule has 1 unspecified atom stereocenters. The van der Waals surface area contributed by atoms with E-state index < -0.39 is 5.60 Å². The van der Waals surface area contributed by atoms with Gasteiger partial charge in [0.15, 0.2) is 5.60 Å². The van der Waals surface area contributed by atoms with E-state index in [1.807, 2.05) is 47.4 Å². The Bertz CT molecular complexity index is 789. The first kappa shape index (κ1) is 17.6. The molecule has 0 bridgehead atoms. The Hall–Kier alpha value is -1.85. The number of nitrogens with zero attached hydrogens (tertiary/aromatic N) is 1. The Kier molecular flexibility index (Phi) is 4.53. The van der Waals surface area contributed by atoms with Crippen LogP contribution in [0.15, 0.2) is 59.1 Å². The minimum atomic E-state index is -0.636. The van der Waals surface area contributed by atoms with Crippen molar-refractivity contribution in [2.75, 3.05) is 19.7 Å². The van der Waals surface area contributed by atoms with Gasteiger partial charge in [-0.1, -0.05) is 58.4 Å². The summed E-state index contributed by atoms with van der Waals surface area (Å²) < 4.78 is 12.6. The van der Waals surface area contributed by atoms with Gasteiger partial charge in [-0.3, -0.25) is 0 Å². The quantitative estimate of drug-likeness (QED) is 0.651. The normalized spacial score (nSPS) is 27.5. The van der Waals surface area contributed by atoms with Crippen molar-refractivity contribution in [2.24, 2.45) is 0 Å². The van der Waals surface area contributed by atoms with E-state index in [1.54, 1.807) is 0 Å². The summed E-state index contributed by atoms with van der Waals surface area (Å²) >= 11 is 3.45. The summed E-state index contributed by atoms with van der Waals surface area (Å²) in [5.41, 5.74) is 1.41. The van der Waals surface area contributed by atoms with Gasteiger partial charge in [-0.25, -0.2) is 4.79 Å². The molecule has 4 rings (SSSR count). The fourth-order valence-electron chi connectivity index (χ4n) is 3.64. The molecule has 2 fully saturated rings. The van der Waals surface area contributed by atoms with Crippen molar-refractivity contribution >= 4 is 22.0 Å². The second-order valence-corrected chi connectivity index (χ2v) is 8.36. The molecule has 0 N–H and O–H groups in total. The fourth-order valence-corrected chi connectivity index (χ4v) is 3.90. The predicted octanol–water partition coefficient (Wildman–Crippen LogP) is 4.52. The van der Waals surface area contributed by atoms with Crippen molar-refractivity contribution in [1.29, 1.82) is 0 Å². The van der Waals surface area contributed by atoms with E-state index in [1.165, 1.54) is 5.56 Å². The van der Waals surface area contributed by atoms with Crippen molar-refractivity contribution < 1.29 is 14.3 Å². The molecule has 2 aliphatic rings. The Morgan fingerprint density at radius 1 is 1.12 bits per heavy atom. The van der Waals surface area contributed by atoms with Crippen LogP contribution in [-0.2, 0) is 21.5 Å². The number of ether oxygens (including phenoxy) is 2. The van der Waals surface area contributed by atoms with Crippen molar-refractivity contribution in [1.82, 2.24) is 4.90 Å². The number of amides is 1. The van der Waals surface area contributed by atoms with Crippen LogP contribution in [0.1, 0.15) is 24.5 Å². The monoisotopic (exact) mass is 415 g/mol. The van der Waals surface area contributed by atoms with Crippen LogP contribution in [0, 0.1) is 0 Å². The summed E-state index contributed by atoms with van der Waals surface area (Å²) in [4.78, 5) is 14.4. The zero-order chi connectivity index (χ0) is 18.2. The third-order valence-corrected chi connectivity index (χ3v) is 5.70. The summed E-state index contributed by atoms with van der Waals surface area (Å²) in [5.74, 6) is 0. The summed E-state index contributed by atoms with van der Waals surface area (Å²) in [6.45, 7) is 4.01. The zero-order valence-corrected chi connectivity index (χ0v) is 16.4. The number of halogens is 1. The lowest BCUT2D eigenvalue weighted by Gasteiger charge is -2.29. The molecule has 1 amide bonds. The van der Waals surface area contributed by atoms with Crippen molar-refractivity contribution in [3.63, 3.8) is 0 Å². The van der Waals surface area contributed by atoms with Crippen LogP contribution < -0.4 is 0 Å². The summed E-state index contributed by atoms with van der Waals surface area (Å²) in [6, 6.07) is 18.2. The fraction of sp³-hybridized carbons (Fsp3) is 0.381. The lowest BCUT2D eigenvalue weighted by Crippen LogP contribution is -2.36. The van der Waals surface area contributed by atoms with Crippen LogP contribution in [0.2, 0.25) is 0 Å². The topological polar surface area (TPSA) is 42.1 Å². The Labute approximate surface area is 162 Å². The molecule has 2 saturated heterocycles. The number of carbonyl (C=O) groups excluding carboxylic acids is 1. The highest BCUT2D eigenvalue weighted by atomic mass is 79.9. The van der Waals surface area contributed by atoms with Gasteiger partial charge < -0.3 is 14.4 Å². The first-order valence-corrected chi connectivity index (χ1v) is 9.69. The maximum atomic E-state index is 12.6. The number of rotatable bonds is 6. The summed E-state index contributed by atoms with van der Waals surface area (Å²) in [7, 11) is 0. The molecular weight excluding hydrogens is 394 g/mol. The van der Waals surface area contributed by atoms with Crippen molar-refractivity contribution in [3.05, 3.63) is 70.2 Å². The number of epoxide rings is 1. The van der Waals surface area contributed by atoms with Crippen LogP contribution in [0.25, 0.3) is 0 Å². The lowest BCUT2D eigenvalue weighted by atomic mass is 9.85. The largest absolute Gasteiger partial charge is 0.436 e. The number of hydrogen-bond donors (Lipinski definition) is 0. The molecule has 0 saturated carbocycles. The highest BCUT2D eigenvalue weighted by molar-refractivity contribution is 9.10. The van der Waals surface area contributed by atoms with E-state index in [-0.39, 0.29) is 11.7 Å². The minimum absolute atomic E-state index is 0.197. The van der Waals surface area contributed by atoms with E-state index in [9.17, 15) is 4.79 Å². The van der Waals surface area contributed by atoms with Gasteiger partial charge in [-0.2, -0.15) is 0 Å². The first-order chi connectivity index (χ1) is 12.5. The van der Waals surface area contributed by atoms with Crippen molar-refractivity contribution in [3.8, 4) is 0 Å².